The quantitative estimate of drug-likeness (QED) is 0.711. The standard InChI is InChI=1S/C21H28N6O/c1-16-17(2)27(14-18-6-3-4-7-23-18)21-19(16)20(22)26(15-24-21)9-5-8-25-10-12-28-13-11-25/h3-4,6-7,15,22H,5,8-14H2,1-2H3. The lowest BCUT2D eigenvalue weighted by Gasteiger charge is -2.26. The fraction of sp³-hybridized carbons (Fsp3) is 0.476. The van der Waals surface area contributed by atoms with E-state index in [0.29, 0.717) is 12.0 Å². The summed E-state index contributed by atoms with van der Waals surface area (Å²) in [7, 11) is 0. The average molecular weight is 380 g/mol. The Balaban J connectivity index is 1.57. The lowest BCUT2D eigenvalue weighted by atomic mass is 10.2. The van der Waals surface area contributed by atoms with Crippen molar-refractivity contribution in [1.29, 1.82) is 5.41 Å². The molecule has 4 heterocycles. The van der Waals surface area contributed by atoms with Gasteiger partial charge in [0.15, 0.2) is 0 Å². The molecular weight excluding hydrogens is 352 g/mol. The van der Waals surface area contributed by atoms with E-state index in [1.165, 1.54) is 0 Å². The van der Waals surface area contributed by atoms with Crippen LogP contribution in [0.3, 0.4) is 0 Å². The predicted octanol–water partition coefficient (Wildman–Crippen LogP) is 2.10. The van der Waals surface area contributed by atoms with Crippen LogP contribution in [-0.4, -0.2) is 56.9 Å². The molecule has 0 saturated carbocycles. The van der Waals surface area contributed by atoms with Gasteiger partial charge >= 0.3 is 0 Å². The van der Waals surface area contributed by atoms with Crippen LogP contribution in [0.5, 0.6) is 0 Å². The Morgan fingerprint density at radius 1 is 1.11 bits per heavy atom. The fourth-order valence-electron chi connectivity index (χ4n) is 3.89. The molecule has 1 saturated heterocycles. The maximum Gasteiger partial charge on any atom is 0.146 e. The first-order chi connectivity index (χ1) is 13.6. The maximum absolute atomic E-state index is 8.75. The molecule has 0 amide bonds. The number of ether oxygens (including phenoxy) is 1. The number of aromatic nitrogens is 4. The van der Waals surface area contributed by atoms with Gasteiger partial charge in [-0.15, -0.1) is 0 Å². The molecule has 3 aromatic heterocycles. The lowest BCUT2D eigenvalue weighted by molar-refractivity contribution is 0.0369. The molecule has 7 heteroatoms. The van der Waals surface area contributed by atoms with Gasteiger partial charge < -0.3 is 13.9 Å². The Labute approximate surface area is 165 Å². The summed E-state index contributed by atoms with van der Waals surface area (Å²) >= 11 is 0. The van der Waals surface area contributed by atoms with Gasteiger partial charge in [-0.1, -0.05) is 6.07 Å². The van der Waals surface area contributed by atoms with Gasteiger partial charge in [0.25, 0.3) is 0 Å². The predicted molar refractivity (Wildman–Crippen MR) is 108 cm³/mol. The minimum Gasteiger partial charge on any atom is -0.379 e. The van der Waals surface area contributed by atoms with Crippen LogP contribution >= 0.6 is 0 Å². The van der Waals surface area contributed by atoms with E-state index < -0.39 is 0 Å². The molecule has 1 aliphatic heterocycles. The molecule has 28 heavy (non-hydrogen) atoms. The number of nitrogens with zero attached hydrogens (tertiary/aromatic N) is 5. The minimum atomic E-state index is 0.548. The first-order valence-electron chi connectivity index (χ1n) is 9.94. The molecule has 0 aromatic carbocycles. The smallest absolute Gasteiger partial charge is 0.146 e. The third-order valence-electron chi connectivity index (χ3n) is 5.67. The van der Waals surface area contributed by atoms with Crippen LogP contribution in [0, 0.1) is 19.3 Å². The second kappa shape index (κ2) is 8.24. The zero-order chi connectivity index (χ0) is 19.5. The van der Waals surface area contributed by atoms with Gasteiger partial charge in [0.05, 0.1) is 37.2 Å². The minimum absolute atomic E-state index is 0.548. The van der Waals surface area contributed by atoms with E-state index >= 15 is 0 Å². The number of hydrogen-bond acceptors (Lipinski definition) is 5. The van der Waals surface area contributed by atoms with Crippen molar-refractivity contribution in [2.24, 2.45) is 0 Å². The van der Waals surface area contributed by atoms with Gasteiger partial charge in [-0.05, 0) is 38.0 Å². The zero-order valence-electron chi connectivity index (χ0n) is 16.7. The van der Waals surface area contributed by atoms with Gasteiger partial charge in [0.1, 0.15) is 11.1 Å². The molecule has 148 valence electrons. The SMILES string of the molecule is Cc1c(C)n(Cc2ccccn2)c2ncn(CCCN3CCOCC3)c(=N)c12. The highest BCUT2D eigenvalue weighted by Crippen LogP contribution is 2.21. The normalized spacial score (nSPS) is 15.4. The molecule has 0 unspecified atom stereocenters. The first-order valence-corrected chi connectivity index (χ1v) is 9.94. The number of hydrogen-bond donors (Lipinski definition) is 1. The Hall–Kier alpha value is -2.51. The van der Waals surface area contributed by atoms with E-state index in [4.69, 9.17) is 15.1 Å². The summed E-state index contributed by atoms with van der Waals surface area (Å²) in [5, 5.41) is 9.70. The van der Waals surface area contributed by atoms with Gasteiger partial charge in [-0.25, -0.2) is 4.98 Å². The number of pyridine rings is 1. The molecular formula is C21H28N6O. The van der Waals surface area contributed by atoms with Crippen LogP contribution in [-0.2, 0) is 17.8 Å². The second-order valence-corrected chi connectivity index (χ2v) is 7.41. The first kappa shape index (κ1) is 18.8. The van der Waals surface area contributed by atoms with Gasteiger partial charge in [-0.2, -0.15) is 0 Å². The average Bonchev–Trinajstić information content (AvgIpc) is 2.96. The van der Waals surface area contributed by atoms with Crippen molar-refractivity contribution in [2.75, 3.05) is 32.8 Å². The van der Waals surface area contributed by atoms with E-state index in [0.717, 1.165) is 73.8 Å². The summed E-state index contributed by atoms with van der Waals surface area (Å²) in [6.45, 7) is 10.4. The Bertz CT molecular complexity index is 1000. The van der Waals surface area contributed by atoms with Gasteiger partial charge in [-0.3, -0.25) is 15.3 Å². The Morgan fingerprint density at radius 2 is 1.93 bits per heavy atom. The molecule has 1 aliphatic rings. The van der Waals surface area contributed by atoms with Crippen molar-refractivity contribution in [3.05, 3.63) is 53.2 Å². The van der Waals surface area contributed by atoms with Crippen molar-refractivity contribution in [3.8, 4) is 0 Å². The number of aryl methyl sites for hydroxylation is 2. The van der Waals surface area contributed by atoms with Crippen LogP contribution in [0.25, 0.3) is 11.0 Å². The van der Waals surface area contributed by atoms with Crippen molar-refractivity contribution < 1.29 is 4.74 Å². The van der Waals surface area contributed by atoms with Crippen molar-refractivity contribution in [1.82, 2.24) is 24.0 Å². The third-order valence-corrected chi connectivity index (χ3v) is 5.67. The molecule has 1 N–H and O–H groups in total. The summed E-state index contributed by atoms with van der Waals surface area (Å²) in [5.74, 6) is 0. The number of rotatable bonds is 6. The van der Waals surface area contributed by atoms with E-state index in [9.17, 15) is 0 Å². The topological polar surface area (TPSA) is 72.0 Å². The largest absolute Gasteiger partial charge is 0.379 e. The summed E-state index contributed by atoms with van der Waals surface area (Å²) in [5.41, 5.74) is 4.69. The third kappa shape index (κ3) is 3.72. The highest BCUT2D eigenvalue weighted by atomic mass is 16.5. The van der Waals surface area contributed by atoms with Gasteiger partial charge in [0.2, 0.25) is 0 Å². The highest BCUT2D eigenvalue weighted by Gasteiger charge is 2.16. The fourth-order valence-corrected chi connectivity index (χ4v) is 3.89. The number of morpholine rings is 1. The lowest BCUT2D eigenvalue weighted by Crippen LogP contribution is -2.37. The summed E-state index contributed by atoms with van der Waals surface area (Å²) in [4.78, 5) is 11.6. The molecule has 0 aliphatic carbocycles. The van der Waals surface area contributed by atoms with Crippen LogP contribution in [0.15, 0.2) is 30.7 Å². The summed E-state index contributed by atoms with van der Waals surface area (Å²) in [6.07, 6.45) is 4.64. The number of fused-ring (bicyclic) bond motifs is 1. The molecule has 3 aromatic rings. The molecule has 0 radical (unpaired) electrons. The van der Waals surface area contributed by atoms with E-state index in [1.54, 1.807) is 0 Å². The van der Waals surface area contributed by atoms with Crippen LogP contribution in [0.2, 0.25) is 0 Å². The monoisotopic (exact) mass is 380 g/mol. The van der Waals surface area contributed by atoms with Crippen LogP contribution < -0.4 is 5.49 Å². The molecule has 7 nitrogen and oxygen atoms in total. The molecule has 0 atom stereocenters. The molecule has 4 rings (SSSR count). The van der Waals surface area contributed by atoms with Crippen LogP contribution in [0.1, 0.15) is 23.4 Å². The molecule has 1 fully saturated rings. The van der Waals surface area contributed by atoms with E-state index in [1.807, 2.05) is 35.3 Å². The Morgan fingerprint density at radius 3 is 2.68 bits per heavy atom. The van der Waals surface area contributed by atoms with Gasteiger partial charge in [0, 0.05) is 38.1 Å². The maximum atomic E-state index is 8.75. The van der Waals surface area contributed by atoms with Crippen molar-refractivity contribution in [2.45, 2.75) is 33.4 Å². The van der Waals surface area contributed by atoms with Crippen LogP contribution in [0.4, 0.5) is 0 Å². The van der Waals surface area contributed by atoms with E-state index in [2.05, 4.69) is 28.3 Å². The Kier molecular flexibility index (Phi) is 5.54. The summed E-state index contributed by atoms with van der Waals surface area (Å²) in [6, 6.07) is 5.95. The van der Waals surface area contributed by atoms with E-state index in [-0.39, 0.29) is 0 Å². The highest BCUT2D eigenvalue weighted by molar-refractivity contribution is 5.80. The zero-order valence-corrected chi connectivity index (χ0v) is 16.7. The summed E-state index contributed by atoms with van der Waals surface area (Å²) < 4.78 is 9.55. The molecule has 0 bridgehead atoms. The second-order valence-electron chi connectivity index (χ2n) is 7.41. The van der Waals surface area contributed by atoms with Crippen molar-refractivity contribution >= 4 is 11.0 Å². The van der Waals surface area contributed by atoms with Crippen molar-refractivity contribution in [3.63, 3.8) is 0 Å². The number of nitrogens with one attached hydrogen (secondary N) is 1. The molecule has 0 spiro atoms.